The van der Waals surface area contributed by atoms with Crippen LogP contribution >= 0.6 is 0 Å². The Morgan fingerprint density at radius 3 is 2.78 bits per heavy atom. The van der Waals surface area contributed by atoms with E-state index >= 15 is 0 Å². The monoisotopic (exact) mass is 126 g/mol. The van der Waals surface area contributed by atoms with E-state index < -0.39 is 0 Å². The molecule has 1 unspecified atom stereocenters. The molecule has 0 aliphatic heterocycles. The Hall–Kier alpha value is -0.550. The van der Waals surface area contributed by atoms with Crippen molar-refractivity contribution in [2.75, 3.05) is 6.54 Å². The van der Waals surface area contributed by atoms with E-state index in [0.29, 0.717) is 12.6 Å². The Kier molecular flexibility index (Phi) is 5.24. The zero-order valence-corrected chi connectivity index (χ0v) is 6.15. The molecule has 1 atom stereocenters. The summed E-state index contributed by atoms with van der Waals surface area (Å²) in [6, 6.07) is 2.54. The van der Waals surface area contributed by atoms with E-state index in [-0.39, 0.29) is 0 Å². The largest absolute Gasteiger partial charge is 0.302 e. The van der Waals surface area contributed by atoms with E-state index in [0.717, 1.165) is 6.42 Å². The summed E-state index contributed by atoms with van der Waals surface area (Å²) in [5.41, 5.74) is 0. The molecule has 0 aromatic carbocycles. The molecule has 0 spiro atoms. The second-order valence-corrected chi connectivity index (χ2v) is 2.23. The molecule has 0 bridgehead atoms. The molecular formula is C7H14N2. The maximum absolute atomic E-state index is 8.17. The maximum Gasteiger partial charge on any atom is 0.0842 e. The fourth-order valence-corrected chi connectivity index (χ4v) is 0.755. The van der Waals surface area contributed by atoms with E-state index in [2.05, 4.69) is 19.2 Å². The first-order chi connectivity index (χ1) is 4.31. The average Bonchev–Trinajstić information content (AvgIpc) is 1.85. The first kappa shape index (κ1) is 8.45. The SMILES string of the molecule is CCCC(C)NCC#N. The second-order valence-electron chi connectivity index (χ2n) is 2.23. The van der Waals surface area contributed by atoms with Crippen LogP contribution in [0.15, 0.2) is 0 Å². The van der Waals surface area contributed by atoms with Gasteiger partial charge in [0, 0.05) is 6.04 Å². The number of hydrogen-bond donors (Lipinski definition) is 1. The van der Waals surface area contributed by atoms with Crippen molar-refractivity contribution in [3.63, 3.8) is 0 Å². The van der Waals surface area contributed by atoms with Crippen LogP contribution in [0.5, 0.6) is 0 Å². The van der Waals surface area contributed by atoms with Gasteiger partial charge in [0.1, 0.15) is 0 Å². The molecule has 0 aliphatic carbocycles. The highest BCUT2D eigenvalue weighted by molar-refractivity contribution is 4.75. The van der Waals surface area contributed by atoms with Crippen molar-refractivity contribution in [1.29, 1.82) is 5.26 Å². The van der Waals surface area contributed by atoms with Gasteiger partial charge in [0.05, 0.1) is 12.6 Å². The normalized spacial score (nSPS) is 12.6. The summed E-state index contributed by atoms with van der Waals surface area (Å²) in [7, 11) is 0. The standard InChI is InChI=1S/C7H14N2/c1-3-4-7(2)9-6-5-8/h7,9H,3-4,6H2,1-2H3. The van der Waals surface area contributed by atoms with Gasteiger partial charge in [0.25, 0.3) is 0 Å². The lowest BCUT2D eigenvalue weighted by atomic mass is 10.2. The van der Waals surface area contributed by atoms with Gasteiger partial charge in [0.2, 0.25) is 0 Å². The van der Waals surface area contributed by atoms with E-state index in [1.165, 1.54) is 6.42 Å². The summed E-state index contributed by atoms with van der Waals surface area (Å²) < 4.78 is 0. The topological polar surface area (TPSA) is 35.8 Å². The molecule has 0 fully saturated rings. The molecule has 1 N–H and O–H groups in total. The molecule has 2 nitrogen and oxygen atoms in total. The summed E-state index contributed by atoms with van der Waals surface area (Å²) in [5.74, 6) is 0. The third kappa shape index (κ3) is 5.32. The van der Waals surface area contributed by atoms with Crippen molar-refractivity contribution in [2.24, 2.45) is 0 Å². The fourth-order valence-electron chi connectivity index (χ4n) is 0.755. The van der Waals surface area contributed by atoms with Gasteiger partial charge in [0.15, 0.2) is 0 Å². The van der Waals surface area contributed by atoms with Gasteiger partial charge in [-0.2, -0.15) is 5.26 Å². The maximum atomic E-state index is 8.17. The molecule has 0 saturated carbocycles. The van der Waals surface area contributed by atoms with Crippen LogP contribution in [-0.2, 0) is 0 Å². The summed E-state index contributed by atoms with van der Waals surface area (Å²) in [6.07, 6.45) is 2.33. The number of nitrogens with zero attached hydrogens (tertiary/aromatic N) is 1. The molecule has 0 heterocycles. The first-order valence-electron chi connectivity index (χ1n) is 3.41. The van der Waals surface area contributed by atoms with Crippen LogP contribution in [0.1, 0.15) is 26.7 Å². The molecule has 0 rings (SSSR count). The summed E-state index contributed by atoms with van der Waals surface area (Å²) >= 11 is 0. The Morgan fingerprint density at radius 1 is 1.67 bits per heavy atom. The molecule has 9 heavy (non-hydrogen) atoms. The zero-order chi connectivity index (χ0) is 7.11. The van der Waals surface area contributed by atoms with E-state index in [4.69, 9.17) is 5.26 Å². The van der Waals surface area contributed by atoms with Crippen LogP contribution in [0.4, 0.5) is 0 Å². The van der Waals surface area contributed by atoms with Crippen molar-refractivity contribution in [3.8, 4) is 6.07 Å². The smallest absolute Gasteiger partial charge is 0.0842 e. The Balaban J connectivity index is 3.07. The predicted molar refractivity (Wildman–Crippen MR) is 38.0 cm³/mol. The highest BCUT2D eigenvalue weighted by Gasteiger charge is 1.95. The lowest BCUT2D eigenvalue weighted by Gasteiger charge is -2.07. The van der Waals surface area contributed by atoms with Crippen LogP contribution in [0.3, 0.4) is 0 Å². The molecule has 2 heteroatoms. The minimum absolute atomic E-state index is 0.473. The van der Waals surface area contributed by atoms with Crippen molar-refractivity contribution < 1.29 is 0 Å². The number of nitriles is 1. The van der Waals surface area contributed by atoms with Crippen molar-refractivity contribution in [1.82, 2.24) is 5.32 Å². The molecule has 0 aromatic rings. The summed E-state index contributed by atoms with van der Waals surface area (Å²) in [6.45, 7) is 4.71. The van der Waals surface area contributed by atoms with Gasteiger partial charge in [-0.3, -0.25) is 0 Å². The van der Waals surface area contributed by atoms with E-state index in [1.807, 2.05) is 6.07 Å². The highest BCUT2D eigenvalue weighted by atomic mass is 14.9. The minimum atomic E-state index is 0.473. The lowest BCUT2D eigenvalue weighted by molar-refractivity contribution is 0.538. The van der Waals surface area contributed by atoms with Gasteiger partial charge >= 0.3 is 0 Å². The van der Waals surface area contributed by atoms with Gasteiger partial charge in [-0.15, -0.1) is 0 Å². The highest BCUT2D eigenvalue weighted by Crippen LogP contribution is 1.92. The molecule has 0 radical (unpaired) electrons. The Bertz CT molecular complexity index is 93.6. The predicted octanol–water partition coefficient (Wildman–Crippen LogP) is 1.29. The molecule has 0 aliphatic rings. The summed E-state index contributed by atoms with van der Waals surface area (Å²) in [5, 5.41) is 11.2. The van der Waals surface area contributed by atoms with Crippen molar-refractivity contribution >= 4 is 0 Å². The van der Waals surface area contributed by atoms with Crippen LogP contribution in [0, 0.1) is 11.3 Å². The van der Waals surface area contributed by atoms with Gasteiger partial charge in [-0.1, -0.05) is 13.3 Å². The van der Waals surface area contributed by atoms with Crippen molar-refractivity contribution in [2.45, 2.75) is 32.7 Å². The van der Waals surface area contributed by atoms with Crippen LogP contribution < -0.4 is 5.32 Å². The van der Waals surface area contributed by atoms with Gasteiger partial charge < -0.3 is 5.32 Å². The molecule has 0 saturated heterocycles. The Morgan fingerprint density at radius 2 is 2.33 bits per heavy atom. The molecule has 52 valence electrons. The van der Waals surface area contributed by atoms with Crippen LogP contribution in [0.2, 0.25) is 0 Å². The third-order valence-corrected chi connectivity index (χ3v) is 1.25. The first-order valence-corrected chi connectivity index (χ1v) is 3.41. The van der Waals surface area contributed by atoms with Gasteiger partial charge in [-0.05, 0) is 13.3 Å². The Labute approximate surface area is 56.9 Å². The summed E-state index contributed by atoms with van der Waals surface area (Å²) in [4.78, 5) is 0. The fraction of sp³-hybridized carbons (Fsp3) is 0.857. The number of rotatable bonds is 4. The lowest BCUT2D eigenvalue weighted by Crippen LogP contribution is -2.25. The molecule has 0 amide bonds. The molecule has 0 aromatic heterocycles. The van der Waals surface area contributed by atoms with Crippen LogP contribution in [0.25, 0.3) is 0 Å². The average molecular weight is 126 g/mol. The molecular weight excluding hydrogens is 112 g/mol. The van der Waals surface area contributed by atoms with E-state index in [1.54, 1.807) is 0 Å². The number of hydrogen-bond acceptors (Lipinski definition) is 2. The number of nitrogens with one attached hydrogen (secondary N) is 1. The minimum Gasteiger partial charge on any atom is -0.302 e. The van der Waals surface area contributed by atoms with Crippen molar-refractivity contribution in [3.05, 3.63) is 0 Å². The third-order valence-electron chi connectivity index (χ3n) is 1.25. The van der Waals surface area contributed by atoms with E-state index in [9.17, 15) is 0 Å². The quantitative estimate of drug-likeness (QED) is 0.576. The van der Waals surface area contributed by atoms with Crippen LogP contribution in [-0.4, -0.2) is 12.6 Å². The van der Waals surface area contributed by atoms with Gasteiger partial charge in [-0.25, -0.2) is 0 Å². The zero-order valence-electron chi connectivity index (χ0n) is 6.15. The second kappa shape index (κ2) is 5.58.